The quantitative estimate of drug-likeness (QED) is 0.910. The van der Waals surface area contributed by atoms with E-state index in [1.54, 1.807) is 0 Å². The van der Waals surface area contributed by atoms with Crippen molar-refractivity contribution in [3.05, 3.63) is 47.5 Å². The number of benzene rings is 1. The first kappa shape index (κ1) is 13.2. The van der Waals surface area contributed by atoms with E-state index in [1.807, 2.05) is 30.7 Å². The van der Waals surface area contributed by atoms with E-state index < -0.39 is 0 Å². The van der Waals surface area contributed by atoms with Crippen LogP contribution < -0.4 is 4.74 Å². The molecule has 0 bridgehead atoms. The number of ether oxygens (including phenoxy) is 1. The molecule has 1 heterocycles. The zero-order valence-corrected chi connectivity index (χ0v) is 11.7. The Morgan fingerprint density at radius 1 is 1.45 bits per heavy atom. The highest BCUT2D eigenvalue weighted by Crippen LogP contribution is 2.33. The summed E-state index contributed by atoms with van der Waals surface area (Å²) in [5, 5.41) is 9.80. The zero-order valence-electron chi connectivity index (χ0n) is 11.7. The predicted octanol–water partition coefficient (Wildman–Crippen LogP) is 2.85. The van der Waals surface area contributed by atoms with E-state index in [0.29, 0.717) is 6.61 Å². The molecule has 4 nitrogen and oxygen atoms in total. The van der Waals surface area contributed by atoms with Crippen LogP contribution in [0, 0.1) is 0 Å². The summed E-state index contributed by atoms with van der Waals surface area (Å²) in [4.78, 5) is 4.17. The van der Waals surface area contributed by atoms with Crippen molar-refractivity contribution in [2.75, 3.05) is 0 Å². The van der Waals surface area contributed by atoms with Crippen molar-refractivity contribution in [2.45, 2.75) is 45.4 Å². The summed E-state index contributed by atoms with van der Waals surface area (Å²) in [5.41, 5.74) is 3.35. The van der Waals surface area contributed by atoms with Gasteiger partial charge in [0.2, 0.25) is 0 Å². The molecule has 1 aliphatic carbocycles. The molecule has 0 spiro atoms. The standard InChI is InChI=1S/C16H20N2O2/c1-2-7-18-11-17-9-13(18)10-20-14-4-5-15-12(8-14)3-6-16(15)19/h4-5,8-9,11,16,19H,2-3,6-7,10H2,1H3. The van der Waals surface area contributed by atoms with Crippen molar-refractivity contribution in [1.82, 2.24) is 9.55 Å². The van der Waals surface area contributed by atoms with Crippen LogP contribution in [0.3, 0.4) is 0 Å². The van der Waals surface area contributed by atoms with Gasteiger partial charge in [0, 0.05) is 6.54 Å². The summed E-state index contributed by atoms with van der Waals surface area (Å²) in [6.07, 6.45) is 6.24. The van der Waals surface area contributed by atoms with Gasteiger partial charge < -0.3 is 14.4 Å². The molecule has 1 aromatic carbocycles. The minimum absolute atomic E-state index is 0.301. The maximum absolute atomic E-state index is 9.80. The van der Waals surface area contributed by atoms with Crippen molar-refractivity contribution < 1.29 is 9.84 Å². The number of hydrogen-bond donors (Lipinski definition) is 1. The lowest BCUT2D eigenvalue weighted by Crippen LogP contribution is -2.05. The van der Waals surface area contributed by atoms with Gasteiger partial charge in [-0.25, -0.2) is 4.98 Å². The number of aryl methyl sites for hydroxylation is 2. The monoisotopic (exact) mass is 272 g/mol. The molecule has 106 valence electrons. The molecule has 0 aliphatic heterocycles. The second kappa shape index (κ2) is 5.67. The minimum atomic E-state index is -0.301. The summed E-state index contributed by atoms with van der Waals surface area (Å²) in [5.74, 6) is 0.863. The van der Waals surface area contributed by atoms with Gasteiger partial charge in [-0.1, -0.05) is 13.0 Å². The number of aromatic nitrogens is 2. The van der Waals surface area contributed by atoms with Gasteiger partial charge in [-0.15, -0.1) is 0 Å². The lowest BCUT2D eigenvalue weighted by Gasteiger charge is -2.10. The summed E-state index contributed by atoms with van der Waals surface area (Å²) >= 11 is 0. The lowest BCUT2D eigenvalue weighted by atomic mass is 10.1. The van der Waals surface area contributed by atoms with Crippen LogP contribution in [0.25, 0.3) is 0 Å². The van der Waals surface area contributed by atoms with E-state index in [4.69, 9.17) is 4.74 Å². The Labute approximate surface area is 119 Å². The van der Waals surface area contributed by atoms with Crippen LogP contribution >= 0.6 is 0 Å². The number of aliphatic hydroxyl groups excluding tert-OH is 1. The van der Waals surface area contributed by atoms with Gasteiger partial charge in [-0.2, -0.15) is 0 Å². The number of rotatable bonds is 5. The molecule has 1 unspecified atom stereocenters. The van der Waals surface area contributed by atoms with Gasteiger partial charge in [-0.05, 0) is 42.5 Å². The van der Waals surface area contributed by atoms with Crippen LogP contribution in [0.2, 0.25) is 0 Å². The molecule has 1 aromatic heterocycles. The van der Waals surface area contributed by atoms with E-state index in [1.165, 1.54) is 5.56 Å². The number of hydrogen-bond acceptors (Lipinski definition) is 3. The third kappa shape index (κ3) is 2.56. The van der Waals surface area contributed by atoms with Crippen LogP contribution in [0.1, 0.15) is 42.7 Å². The maximum atomic E-state index is 9.80. The summed E-state index contributed by atoms with van der Waals surface area (Å²) in [6, 6.07) is 5.96. The first-order chi connectivity index (χ1) is 9.78. The molecular weight excluding hydrogens is 252 g/mol. The number of fused-ring (bicyclic) bond motifs is 1. The average molecular weight is 272 g/mol. The summed E-state index contributed by atoms with van der Waals surface area (Å²) in [6.45, 7) is 3.65. The molecule has 0 amide bonds. The largest absolute Gasteiger partial charge is 0.487 e. The van der Waals surface area contributed by atoms with Gasteiger partial charge in [0.05, 0.1) is 24.3 Å². The molecule has 1 aliphatic rings. The third-order valence-corrected chi connectivity index (χ3v) is 3.81. The Kier molecular flexibility index (Phi) is 3.74. The first-order valence-electron chi connectivity index (χ1n) is 7.20. The van der Waals surface area contributed by atoms with E-state index in [0.717, 1.165) is 42.8 Å². The van der Waals surface area contributed by atoms with Crippen LogP contribution in [0.15, 0.2) is 30.7 Å². The highest BCUT2D eigenvalue weighted by Gasteiger charge is 2.20. The average Bonchev–Trinajstić information content (AvgIpc) is 3.04. The Balaban J connectivity index is 1.68. The molecule has 1 atom stereocenters. The normalized spacial score (nSPS) is 17.2. The Morgan fingerprint density at radius 3 is 3.20 bits per heavy atom. The third-order valence-electron chi connectivity index (χ3n) is 3.81. The molecule has 1 N–H and O–H groups in total. The molecule has 2 aromatic rings. The van der Waals surface area contributed by atoms with Crippen molar-refractivity contribution in [1.29, 1.82) is 0 Å². The highest BCUT2D eigenvalue weighted by atomic mass is 16.5. The van der Waals surface area contributed by atoms with Crippen molar-refractivity contribution in [2.24, 2.45) is 0 Å². The summed E-state index contributed by atoms with van der Waals surface area (Å²) < 4.78 is 7.98. The topological polar surface area (TPSA) is 47.3 Å². The number of nitrogens with zero attached hydrogens (tertiary/aromatic N) is 2. The molecule has 0 saturated heterocycles. The van der Waals surface area contributed by atoms with Gasteiger partial charge >= 0.3 is 0 Å². The van der Waals surface area contributed by atoms with Gasteiger partial charge in [0.1, 0.15) is 12.4 Å². The van der Waals surface area contributed by atoms with Crippen molar-refractivity contribution in [3.63, 3.8) is 0 Å². The zero-order chi connectivity index (χ0) is 13.9. The second-order valence-electron chi connectivity index (χ2n) is 5.28. The fraction of sp³-hybridized carbons (Fsp3) is 0.438. The van der Waals surface area contributed by atoms with Crippen LogP contribution in [-0.4, -0.2) is 14.7 Å². The molecule has 0 radical (unpaired) electrons. The Hall–Kier alpha value is -1.81. The van der Waals surface area contributed by atoms with Crippen LogP contribution in [0.5, 0.6) is 5.75 Å². The molecule has 3 rings (SSSR count). The van der Waals surface area contributed by atoms with E-state index in [9.17, 15) is 5.11 Å². The smallest absolute Gasteiger partial charge is 0.130 e. The number of imidazole rings is 1. The molecule has 4 heteroatoms. The minimum Gasteiger partial charge on any atom is -0.487 e. The van der Waals surface area contributed by atoms with E-state index in [2.05, 4.69) is 16.5 Å². The first-order valence-corrected chi connectivity index (χ1v) is 7.20. The summed E-state index contributed by atoms with van der Waals surface area (Å²) in [7, 11) is 0. The Bertz CT molecular complexity index is 592. The highest BCUT2D eigenvalue weighted by molar-refractivity contribution is 5.39. The molecule has 20 heavy (non-hydrogen) atoms. The lowest BCUT2D eigenvalue weighted by molar-refractivity contribution is 0.180. The van der Waals surface area contributed by atoms with E-state index in [-0.39, 0.29) is 6.10 Å². The SMILES string of the molecule is CCCn1cncc1COc1ccc2c(c1)CCC2O. The van der Waals surface area contributed by atoms with Gasteiger partial charge in [0.15, 0.2) is 0 Å². The maximum Gasteiger partial charge on any atom is 0.130 e. The van der Waals surface area contributed by atoms with Crippen molar-refractivity contribution in [3.8, 4) is 5.75 Å². The predicted molar refractivity (Wildman–Crippen MR) is 76.6 cm³/mol. The van der Waals surface area contributed by atoms with Crippen LogP contribution in [0.4, 0.5) is 0 Å². The molecule has 0 saturated carbocycles. The molecular formula is C16H20N2O2. The van der Waals surface area contributed by atoms with E-state index >= 15 is 0 Å². The van der Waals surface area contributed by atoms with Gasteiger partial charge in [0.25, 0.3) is 0 Å². The molecule has 0 fully saturated rings. The van der Waals surface area contributed by atoms with Crippen molar-refractivity contribution >= 4 is 0 Å². The fourth-order valence-electron chi connectivity index (χ4n) is 2.73. The second-order valence-corrected chi connectivity index (χ2v) is 5.28. The van der Waals surface area contributed by atoms with Gasteiger partial charge in [-0.3, -0.25) is 0 Å². The fourth-order valence-corrected chi connectivity index (χ4v) is 2.73. The Morgan fingerprint density at radius 2 is 2.35 bits per heavy atom. The number of aliphatic hydroxyl groups is 1. The van der Waals surface area contributed by atoms with Crippen LogP contribution in [-0.2, 0) is 19.6 Å².